The van der Waals surface area contributed by atoms with Crippen molar-refractivity contribution in [1.29, 1.82) is 0 Å². The molecule has 0 spiro atoms. The highest BCUT2D eigenvalue weighted by molar-refractivity contribution is 6.24. The number of nitrogens with zero attached hydrogens (tertiary/aromatic N) is 2. The molecule has 0 aromatic heterocycles. The maximum Gasteiger partial charge on any atom is 0.255 e. The van der Waals surface area contributed by atoms with Crippen LogP contribution in [0.2, 0.25) is 0 Å². The Kier molecular flexibility index (Phi) is 7.75. The normalized spacial score (nSPS) is 25.4. The van der Waals surface area contributed by atoms with E-state index >= 15 is 0 Å². The van der Waals surface area contributed by atoms with Crippen LogP contribution in [0, 0.1) is 17.8 Å². The number of hydrogen-bond acceptors (Lipinski definition) is 9. The molecule has 3 aliphatic rings. The summed E-state index contributed by atoms with van der Waals surface area (Å²) in [4.78, 5) is 43.4. The number of primary amides is 1. The number of hydrogen-bond donors (Lipinski definition) is 5. The van der Waals surface area contributed by atoms with Crippen LogP contribution in [0.4, 0.5) is 0 Å². The van der Waals surface area contributed by atoms with Crippen molar-refractivity contribution in [3.05, 3.63) is 75.8 Å². The van der Waals surface area contributed by atoms with Gasteiger partial charge in [0.1, 0.15) is 22.8 Å². The van der Waals surface area contributed by atoms with Gasteiger partial charge in [-0.25, -0.2) is 0 Å². The smallest absolute Gasteiger partial charge is 0.255 e. The number of aliphatic hydroxyl groups is 3. The van der Waals surface area contributed by atoms with E-state index in [9.17, 15) is 34.8 Å². The number of nitrogens with two attached hydrogens (primary N) is 1. The third-order valence-corrected chi connectivity index (χ3v) is 8.97. The summed E-state index contributed by atoms with van der Waals surface area (Å²) in [7, 11) is 5.28. The highest BCUT2D eigenvalue weighted by atomic mass is 16.3. The molecule has 43 heavy (non-hydrogen) atoms. The molecule has 0 aliphatic heterocycles. The third-order valence-electron chi connectivity index (χ3n) is 8.97. The Morgan fingerprint density at radius 3 is 2.42 bits per heavy atom. The van der Waals surface area contributed by atoms with E-state index in [0.717, 1.165) is 29.8 Å². The van der Waals surface area contributed by atoms with Crippen LogP contribution in [0.5, 0.6) is 5.75 Å². The number of aliphatic hydroxyl groups excluding tert-OH is 2. The van der Waals surface area contributed by atoms with Gasteiger partial charge >= 0.3 is 0 Å². The monoisotopic (exact) mass is 589 g/mol. The number of phenolic OH excluding ortho intramolecular Hbond substituents is 1. The number of amides is 1. The number of benzene rings is 2. The zero-order chi connectivity index (χ0) is 31.5. The SMILES string of the molecule is CC(C)CN(C)Cc1cccc(-c2ccc(O)c3c2C[C@H]2C[C@H]4[C@H](N(C)C)C(O)=C(C(N)=O)C(=O)[C@@]4(O)C(O)=C2C3=O)c1. The molecule has 0 saturated carbocycles. The average Bonchev–Trinajstić information content (AvgIpc) is 2.90. The summed E-state index contributed by atoms with van der Waals surface area (Å²) in [6.07, 6.45) is 0.274. The van der Waals surface area contributed by atoms with Crippen LogP contribution in [0.3, 0.4) is 0 Å². The number of Topliss-reactive ketones (excluding diaryl/α,β-unsaturated/α-hetero) is 2. The predicted molar refractivity (Wildman–Crippen MR) is 160 cm³/mol. The second-order valence-corrected chi connectivity index (χ2v) is 12.7. The lowest BCUT2D eigenvalue weighted by Gasteiger charge is -2.50. The number of carbonyl (C=O) groups excluding carboxylic acids is 3. The fourth-order valence-corrected chi connectivity index (χ4v) is 7.36. The van der Waals surface area contributed by atoms with Crippen LogP contribution < -0.4 is 5.73 Å². The van der Waals surface area contributed by atoms with Gasteiger partial charge in [0.15, 0.2) is 11.4 Å². The molecule has 2 aromatic rings. The molecule has 2 aromatic carbocycles. The Morgan fingerprint density at radius 1 is 1.09 bits per heavy atom. The molecule has 10 nitrogen and oxygen atoms in total. The van der Waals surface area contributed by atoms with Crippen LogP contribution in [0.25, 0.3) is 11.1 Å². The molecule has 10 heteroatoms. The van der Waals surface area contributed by atoms with Crippen molar-refractivity contribution < 1.29 is 34.8 Å². The maximum absolute atomic E-state index is 14.0. The van der Waals surface area contributed by atoms with Gasteiger partial charge in [-0.3, -0.25) is 19.3 Å². The Morgan fingerprint density at radius 2 is 1.79 bits per heavy atom. The van der Waals surface area contributed by atoms with Gasteiger partial charge in [0, 0.05) is 24.6 Å². The summed E-state index contributed by atoms with van der Waals surface area (Å²) in [6.45, 7) is 6.00. The lowest BCUT2D eigenvalue weighted by molar-refractivity contribution is -0.148. The predicted octanol–water partition coefficient (Wildman–Crippen LogP) is 2.88. The van der Waals surface area contributed by atoms with Crippen molar-refractivity contribution in [3.8, 4) is 16.9 Å². The number of allylic oxidation sites excluding steroid dienone is 1. The van der Waals surface area contributed by atoms with E-state index < -0.39 is 58.0 Å². The summed E-state index contributed by atoms with van der Waals surface area (Å²) in [5.74, 6) is -6.12. The number of aromatic hydroxyl groups is 1. The van der Waals surface area contributed by atoms with Gasteiger partial charge in [0.25, 0.3) is 5.91 Å². The third kappa shape index (κ3) is 4.83. The minimum Gasteiger partial charge on any atom is -0.510 e. The molecular weight excluding hydrogens is 550 g/mol. The molecule has 1 amide bonds. The molecule has 0 bridgehead atoms. The lowest BCUT2D eigenvalue weighted by atomic mass is 9.58. The van der Waals surface area contributed by atoms with Crippen LogP contribution in [-0.4, -0.2) is 87.0 Å². The minimum absolute atomic E-state index is 0.000566. The zero-order valence-electron chi connectivity index (χ0n) is 25.1. The molecule has 0 saturated heterocycles. The van der Waals surface area contributed by atoms with Crippen molar-refractivity contribution in [2.45, 2.75) is 44.9 Å². The number of carbonyl (C=O) groups is 3. The Hall–Kier alpha value is -3.99. The van der Waals surface area contributed by atoms with Gasteiger partial charge in [0.05, 0.1) is 11.6 Å². The molecule has 0 heterocycles. The van der Waals surface area contributed by atoms with Gasteiger partial charge in [-0.15, -0.1) is 0 Å². The van der Waals surface area contributed by atoms with Crippen LogP contribution in [0.15, 0.2) is 59.1 Å². The van der Waals surface area contributed by atoms with E-state index in [1.54, 1.807) is 20.2 Å². The van der Waals surface area contributed by atoms with Crippen molar-refractivity contribution >= 4 is 17.5 Å². The summed E-state index contributed by atoms with van der Waals surface area (Å²) < 4.78 is 0. The highest BCUT2D eigenvalue weighted by Crippen LogP contribution is 2.53. The van der Waals surface area contributed by atoms with Crippen molar-refractivity contribution in [3.63, 3.8) is 0 Å². The number of phenols is 1. The molecule has 4 atom stereocenters. The van der Waals surface area contributed by atoms with E-state index in [-0.39, 0.29) is 29.7 Å². The van der Waals surface area contributed by atoms with E-state index in [0.29, 0.717) is 11.5 Å². The van der Waals surface area contributed by atoms with E-state index in [2.05, 4.69) is 31.9 Å². The summed E-state index contributed by atoms with van der Waals surface area (Å²) in [5, 5.41) is 45.1. The average molecular weight is 590 g/mol. The first kappa shape index (κ1) is 30.5. The topological polar surface area (TPSA) is 165 Å². The Labute approximate surface area is 250 Å². The van der Waals surface area contributed by atoms with Crippen molar-refractivity contribution in [2.75, 3.05) is 27.7 Å². The lowest BCUT2D eigenvalue weighted by Crippen LogP contribution is -2.63. The Balaban J connectivity index is 1.62. The van der Waals surface area contributed by atoms with E-state index in [1.165, 1.54) is 11.0 Å². The number of likely N-dealkylation sites (N-methyl/N-ethyl adjacent to an activating group) is 1. The molecule has 0 radical (unpaired) electrons. The second kappa shape index (κ2) is 10.9. The largest absolute Gasteiger partial charge is 0.510 e. The number of fused-ring (bicyclic) bond motifs is 3. The summed E-state index contributed by atoms with van der Waals surface area (Å²) >= 11 is 0. The first-order chi connectivity index (χ1) is 20.2. The minimum atomic E-state index is -2.66. The standard InChI is InChI=1S/C33H39N3O7/c1-16(2)14-36(5)15-17-7-6-8-18(11-17)20-9-10-23(37)25-21(20)12-19-13-22-27(35(3)4)29(39)26(32(34)42)31(41)33(22,43)30(40)24(19)28(25)38/h6-11,16,19,22,27,37,39-40,43H,12-15H2,1-5H3,(H2,34,42)/t19-,22-,27-,33-/m0/s1. The van der Waals surface area contributed by atoms with Crippen LogP contribution >= 0.6 is 0 Å². The molecule has 5 rings (SSSR count). The first-order valence-corrected chi connectivity index (χ1v) is 14.5. The van der Waals surface area contributed by atoms with Gasteiger partial charge < -0.3 is 31.1 Å². The van der Waals surface area contributed by atoms with Gasteiger partial charge in [-0.05, 0) is 80.2 Å². The quantitative estimate of drug-likeness (QED) is 0.306. The maximum atomic E-state index is 14.0. The van der Waals surface area contributed by atoms with Gasteiger partial charge in [-0.1, -0.05) is 38.1 Å². The summed E-state index contributed by atoms with van der Waals surface area (Å²) in [5.41, 5.74) is 5.08. The number of rotatable bonds is 7. The Bertz CT molecular complexity index is 1590. The zero-order valence-corrected chi connectivity index (χ0v) is 25.1. The van der Waals surface area contributed by atoms with Crippen LogP contribution in [0.1, 0.15) is 41.8 Å². The van der Waals surface area contributed by atoms with E-state index in [4.69, 9.17) is 5.73 Å². The molecule has 0 unspecified atom stereocenters. The second-order valence-electron chi connectivity index (χ2n) is 12.7. The van der Waals surface area contributed by atoms with Gasteiger partial charge in [0.2, 0.25) is 5.78 Å². The fourth-order valence-electron chi connectivity index (χ4n) is 7.36. The van der Waals surface area contributed by atoms with E-state index in [1.807, 2.05) is 18.2 Å². The molecule has 3 aliphatic carbocycles. The van der Waals surface area contributed by atoms with Crippen molar-refractivity contribution in [1.82, 2.24) is 9.80 Å². The molecule has 6 N–H and O–H groups in total. The number of ketones is 2. The fraction of sp³-hybridized carbons (Fsp3) is 0.424. The highest BCUT2D eigenvalue weighted by Gasteiger charge is 2.63. The first-order valence-electron chi connectivity index (χ1n) is 14.5. The van der Waals surface area contributed by atoms with Gasteiger partial charge in [-0.2, -0.15) is 0 Å². The molecule has 0 fully saturated rings. The molecule has 228 valence electrons. The summed E-state index contributed by atoms with van der Waals surface area (Å²) in [6, 6.07) is 10.2. The van der Waals surface area contributed by atoms with Crippen molar-refractivity contribution in [2.24, 2.45) is 23.5 Å². The van der Waals surface area contributed by atoms with Crippen LogP contribution in [-0.2, 0) is 22.6 Å². The molecular formula is C33H39N3O7.